The first-order valence-electron chi connectivity index (χ1n) is 9.92. The van der Waals surface area contributed by atoms with Gasteiger partial charge in [-0.25, -0.2) is 4.79 Å². The number of carbonyl (C=O) groups is 2. The molecule has 0 atom stereocenters. The second-order valence-electron chi connectivity index (χ2n) is 7.06. The summed E-state index contributed by atoms with van der Waals surface area (Å²) in [5.74, 6) is -0.240. The van der Waals surface area contributed by atoms with E-state index >= 15 is 0 Å². The van der Waals surface area contributed by atoms with E-state index in [9.17, 15) is 14.7 Å². The molecule has 1 N–H and O–H groups in total. The minimum atomic E-state index is -1.07. The quantitative estimate of drug-likeness (QED) is 0.362. The highest BCUT2D eigenvalue weighted by molar-refractivity contribution is 8.27. The summed E-state index contributed by atoms with van der Waals surface area (Å²) in [5, 5.41) is 9.23. The van der Waals surface area contributed by atoms with Gasteiger partial charge in [-0.1, -0.05) is 66.4 Å². The fourth-order valence-corrected chi connectivity index (χ4v) is 4.55. The lowest BCUT2D eigenvalue weighted by Crippen LogP contribution is -2.27. The van der Waals surface area contributed by atoms with E-state index in [4.69, 9.17) is 21.7 Å². The van der Waals surface area contributed by atoms with Gasteiger partial charge in [-0.2, -0.15) is 0 Å². The molecule has 0 bridgehead atoms. The molecule has 0 radical (unpaired) electrons. The number of hydrogen-bond acceptors (Lipinski definition) is 6. The summed E-state index contributed by atoms with van der Waals surface area (Å²) in [6.07, 6.45) is 1.73. The number of carboxylic acids is 1. The number of hydrogen-bond donors (Lipinski definition) is 1. The van der Waals surface area contributed by atoms with Gasteiger partial charge in [0.25, 0.3) is 5.91 Å². The first-order valence-corrected chi connectivity index (χ1v) is 11.1. The minimum absolute atomic E-state index is 0.0846. The Kier molecular flexibility index (Phi) is 6.76. The van der Waals surface area contributed by atoms with Crippen molar-refractivity contribution in [2.45, 2.75) is 6.61 Å². The van der Waals surface area contributed by atoms with E-state index in [2.05, 4.69) is 0 Å². The van der Waals surface area contributed by atoms with Gasteiger partial charge in [0.15, 0.2) is 15.8 Å². The van der Waals surface area contributed by atoms with E-state index in [1.54, 1.807) is 37.5 Å². The molecule has 1 aliphatic heterocycles. The highest BCUT2D eigenvalue weighted by Gasteiger charge is 2.33. The topological polar surface area (TPSA) is 76.1 Å². The number of methoxy groups -OCH3 is 1. The fourth-order valence-electron chi connectivity index (χ4n) is 3.25. The summed E-state index contributed by atoms with van der Waals surface area (Å²) in [6.45, 7) is 0.407. The molecule has 1 amide bonds. The lowest BCUT2D eigenvalue weighted by atomic mass is 10.1. The Morgan fingerprint density at radius 2 is 1.85 bits per heavy atom. The Labute approximate surface area is 200 Å². The number of rotatable bonds is 7. The van der Waals surface area contributed by atoms with E-state index in [0.717, 1.165) is 22.9 Å². The van der Waals surface area contributed by atoms with Crippen LogP contribution in [0.2, 0.25) is 0 Å². The van der Waals surface area contributed by atoms with Gasteiger partial charge in [-0.05, 0) is 47.5 Å². The van der Waals surface area contributed by atoms with Gasteiger partial charge in [-0.3, -0.25) is 9.69 Å². The SMILES string of the molecule is COc1cc(/C=C2\SC(=S)N(c3cccc(C(=O)O)c3)C2=O)ccc1OCc1ccccc1. The van der Waals surface area contributed by atoms with E-state index in [0.29, 0.717) is 33.0 Å². The highest BCUT2D eigenvalue weighted by atomic mass is 32.2. The number of thiocarbonyl (C=S) groups is 1. The average molecular weight is 478 g/mol. The first-order chi connectivity index (χ1) is 16.0. The summed E-state index contributed by atoms with van der Waals surface area (Å²) in [7, 11) is 1.56. The van der Waals surface area contributed by atoms with Crippen LogP contribution in [0.25, 0.3) is 6.08 Å². The van der Waals surface area contributed by atoms with Crippen LogP contribution in [0.1, 0.15) is 21.5 Å². The fraction of sp³-hybridized carbons (Fsp3) is 0.0800. The molecule has 8 heteroatoms. The van der Waals surface area contributed by atoms with Crippen molar-refractivity contribution in [1.29, 1.82) is 0 Å². The molecule has 0 unspecified atom stereocenters. The van der Waals surface area contributed by atoms with Crippen LogP contribution in [-0.2, 0) is 11.4 Å². The van der Waals surface area contributed by atoms with Crippen LogP contribution in [0.4, 0.5) is 5.69 Å². The van der Waals surface area contributed by atoms with Crippen molar-refractivity contribution >= 4 is 51.9 Å². The molecule has 1 fully saturated rings. The Morgan fingerprint density at radius 1 is 1.06 bits per heavy atom. The largest absolute Gasteiger partial charge is 0.493 e. The Bertz CT molecular complexity index is 1260. The standard InChI is InChI=1S/C25H19NO5S2/c1-30-21-12-17(10-11-20(21)31-15-16-6-3-2-4-7-16)13-22-23(27)26(25(32)33-22)19-9-5-8-18(14-19)24(28)29/h2-14H,15H2,1H3,(H,28,29)/b22-13-. The van der Waals surface area contributed by atoms with Crippen molar-refractivity contribution in [2.24, 2.45) is 0 Å². The van der Waals surface area contributed by atoms with Crippen LogP contribution in [0.15, 0.2) is 77.7 Å². The third-order valence-corrected chi connectivity index (χ3v) is 6.17. The van der Waals surface area contributed by atoms with Crippen molar-refractivity contribution in [3.63, 3.8) is 0 Å². The molecule has 1 aliphatic rings. The predicted octanol–water partition coefficient (Wildman–Crippen LogP) is 5.38. The zero-order valence-corrected chi connectivity index (χ0v) is 19.2. The number of amides is 1. The molecule has 1 heterocycles. The van der Waals surface area contributed by atoms with E-state index < -0.39 is 5.97 Å². The van der Waals surface area contributed by atoms with Crippen LogP contribution >= 0.6 is 24.0 Å². The highest BCUT2D eigenvalue weighted by Crippen LogP contribution is 2.37. The summed E-state index contributed by atoms with van der Waals surface area (Å²) < 4.78 is 11.7. The summed E-state index contributed by atoms with van der Waals surface area (Å²) in [4.78, 5) is 26.1. The predicted molar refractivity (Wildman–Crippen MR) is 133 cm³/mol. The van der Waals surface area contributed by atoms with Crippen LogP contribution in [0.3, 0.4) is 0 Å². The normalized spacial score (nSPS) is 14.6. The Hall–Kier alpha value is -3.62. The van der Waals surface area contributed by atoms with Gasteiger partial charge in [0.2, 0.25) is 0 Å². The minimum Gasteiger partial charge on any atom is -0.493 e. The van der Waals surface area contributed by atoms with Gasteiger partial charge in [0.05, 0.1) is 23.3 Å². The molecule has 3 aromatic rings. The molecule has 1 saturated heterocycles. The van der Waals surface area contributed by atoms with Crippen LogP contribution < -0.4 is 14.4 Å². The molecule has 33 heavy (non-hydrogen) atoms. The molecular formula is C25H19NO5S2. The van der Waals surface area contributed by atoms with Crippen molar-refractivity contribution in [2.75, 3.05) is 12.0 Å². The van der Waals surface area contributed by atoms with E-state index in [-0.39, 0.29) is 11.5 Å². The maximum Gasteiger partial charge on any atom is 0.335 e. The van der Waals surface area contributed by atoms with Crippen molar-refractivity contribution in [3.8, 4) is 11.5 Å². The number of carbonyl (C=O) groups excluding carboxylic acids is 1. The zero-order chi connectivity index (χ0) is 23.4. The van der Waals surface area contributed by atoms with E-state index in [1.807, 2.05) is 36.4 Å². The molecule has 0 aromatic heterocycles. The summed E-state index contributed by atoms with van der Waals surface area (Å²) in [5.41, 5.74) is 2.29. The lowest BCUT2D eigenvalue weighted by molar-refractivity contribution is -0.113. The first kappa shape index (κ1) is 22.6. The molecule has 0 aliphatic carbocycles. The van der Waals surface area contributed by atoms with Gasteiger partial charge >= 0.3 is 5.97 Å². The lowest BCUT2D eigenvalue weighted by Gasteiger charge is -2.15. The monoisotopic (exact) mass is 477 g/mol. The maximum absolute atomic E-state index is 13.0. The van der Waals surface area contributed by atoms with Crippen molar-refractivity contribution in [3.05, 3.63) is 94.4 Å². The molecule has 0 saturated carbocycles. The molecule has 166 valence electrons. The number of nitrogens with zero attached hydrogens (tertiary/aromatic N) is 1. The number of anilines is 1. The third-order valence-electron chi connectivity index (χ3n) is 4.87. The second kappa shape index (κ2) is 9.89. The van der Waals surface area contributed by atoms with Gasteiger partial charge in [-0.15, -0.1) is 0 Å². The van der Waals surface area contributed by atoms with Gasteiger partial charge in [0, 0.05) is 0 Å². The molecule has 6 nitrogen and oxygen atoms in total. The van der Waals surface area contributed by atoms with Crippen LogP contribution in [0.5, 0.6) is 11.5 Å². The van der Waals surface area contributed by atoms with Gasteiger partial charge in [0.1, 0.15) is 6.61 Å². The molecule has 3 aromatic carbocycles. The van der Waals surface area contributed by atoms with Gasteiger partial charge < -0.3 is 14.6 Å². The van der Waals surface area contributed by atoms with Crippen LogP contribution in [0, 0.1) is 0 Å². The zero-order valence-electron chi connectivity index (χ0n) is 17.6. The van der Waals surface area contributed by atoms with Crippen molar-refractivity contribution in [1.82, 2.24) is 0 Å². The molecular weight excluding hydrogens is 458 g/mol. The number of ether oxygens (including phenoxy) is 2. The van der Waals surface area contributed by atoms with Crippen molar-refractivity contribution < 1.29 is 24.2 Å². The Morgan fingerprint density at radius 3 is 2.58 bits per heavy atom. The third kappa shape index (κ3) is 5.08. The number of carboxylic acid groups (broad SMARTS) is 1. The smallest absolute Gasteiger partial charge is 0.335 e. The maximum atomic E-state index is 13.0. The number of aromatic carboxylic acids is 1. The molecule has 0 spiro atoms. The second-order valence-corrected chi connectivity index (χ2v) is 8.73. The van der Waals surface area contributed by atoms with E-state index in [1.165, 1.54) is 17.0 Å². The van der Waals surface area contributed by atoms with Crippen LogP contribution in [-0.4, -0.2) is 28.4 Å². The summed E-state index contributed by atoms with van der Waals surface area (Å²) in [6, 6.07) is 21.4. The average Bonchev–Trinajstić information content (AvgIpc) is 3.11. The Balaban J connectivity index is 1.55. The number of benzene rings is 3. The molecule has 4 rings (SSSR count). The number of thioether (sulfide) groups is 1. The summed E-state index contributed by atoms with van der Waals surface area (Å²) >= 11 is 6.55.